The van der Waals surface area contributed by atoms with Crippen LogP contribution in [0.25, 0.3) is 0 Å². The molecule has 0 saturated heterocycles. The van der Waals surface area contributed by atoms with Gasteiger partial charge in [-0.15, -0.1) is 0 Å². The number of halogens is 2. The molecule has 0 aromatic heterocycles. The summed E-state index contributed by atoms with van der Waals surface area (Å²) in [6.07, 6.45) is 0.137. The lowest BCUT2D eigenvalue weighted by molar-refractivity contribution is -0.139. The average Bonchev–Trinajstić information content (AvgIpc) is 2.63. The molecule has 6 nitrogen and oxygen atoms in total. The molecule has 8 heteroatoms. The number of amides is 2. The molecule has 2 N–H and O–H groups in total. The Kier molecular flexibility index (Phi) is 7.00. The van der Waals surface area contributed by atoms with E-state index in [0.29, 0.717) is 21.3 Å². The van der Waals surface area contributed by atoms with Gasteiger partial charge in [-0.05, 0) is 42.0 Å². The van der Waals surface area contributed by atoms with Crippen molar-refractivity contribution in [2.24, 2.45) is 0 Å². The molecule has 136 valence electrons. The summed E-state index contributed by atoms with van der Waals surface area (Å²) in [7, 11) is 1.24. The molecule has 0 radical (unpaired) electrons. The predicted octanol–water partition coefficient (Wildman–Crippen LogP) is 3.08. The number of anilines is 1. The minimum Gasteiger partial charge on any atom is -0.468 e. The number of ether oxygens (including phenoxy) is 1. The molecule has 0 bridgehead atoms. The standard InChI is InChI=1S/C18H16Cl2N2O4/c1-26-17(24)10-21-18(25)12-3-5-13(6-4-12)22-16(23)9-11-2-7-14(19)15(20)8-11/h2-8H,9-10H2,1H3,(H,21,25)(H,22,23). The van der Waals surface area contributed by atoms with E-state index >= 15 is 0 Å². The molecule has 0 aliphatic heterocycles. The van der Waals surface area contributed by atoms with Crippen LogP contribution in [0, 0.1) is 0 Å². The third-order valence-corrected chi connectivity index (χ3v) is 4.14. The van der Waals surface area contributed by atoms with Crippen molar-refractivity contribution < 1.29 is 19.1 Å². The molecule has 2 aromatic carbocycles. The molecular formula is C18H16Cl2N2O4. The van der Waals surface area contributed by atoms with Crippen molar-refractivity contribution in [2.75, 3.05) is 19.0 Å². The quantitative estimate of drug-likeness (QED) is 0.737. The van der Waals surface area contributed by atoms with E-state index in [-0.39, 0.29) is 18.9 Å². The lowest BCUT2D eigenvalue weighted by Crippen LogP contribution is -2.30. The first-order valence-corrected chi connectivity index (χ1v) is 8.33. The van der Waals surface area contributed by atoms with Gasteiger partial charge in [0.25, 0.3) is 5.91 Å². The minimum absolute atomic E-state index is 0.137. The summed E-state index contributed by atoms with van der Waals surface area (Å²) in [5.41, 5.74) is 1.63. The summed E-state index contributed by atoms with van der Waals surface area (Å²) in [6.45, 7) is -0.211. The Hall–Kier alpha value is -2.57. The third kappa shape index (κ3) is 5.75. The van der Waals surface area contributed by atoms with Gasteiger partial charge in [-0.25, -0.2) is 0 Å². The number of nitrogens with one attached hydrogen (secondary N) is 2. The largest absolute Gasteiger partial charge is 0.468 e. The van der Waals surface area contributed by atoms with Crippen molar-refractivity contribution >= 4 is 46.7 Å². The Morgan fingerprint density at radius 1 is 1.00 bits per heavy atom. The van der Waals surface area contributed by atoms with E-state index in [4.69, 9.17) is 23.2 Å². The van der Waals surface area contributed by atoms with Crippen molar-refractivity contribution in [1.82, 2.24) is 5.32 Å². The van der Waals surface area contributed by atoms with Gasteiger partial charge in [0.1, 0.15) is 6.54 Å². The van der Waals surface area contributed by atoms with Crippen LogP contribution in [0.1, 0.15) is 15.9 Å². The third-order valence-electron chi connectivity index (χ3n) is 3.40. The molecule has 2 rings (SSSR count). The molecule has 0 heterocycles. The second kappa shape index (κ2) is 9.22. The van der Waals surface area contributed by atoms with E-state index < -0.39 is 11.9 Å². The Bertz CT molecular complexity index is 822. The highest BCUT2D eigenvalue weighted by molar-refractivity contribution is 6.42. The maximum absolute atomic E-state index is 12.1. The summed E-state index contributed by atoms with van der Waals surface area (Å²) in [5.74, 6) is -1.18. The van der Waals surface area contributed by atoms with Gasteiger partial charge in [0.2, 0.25) is 5.91 Å². The smallest absolute Gasteiger partial charge is 0.325 e. The van der Waals surface area contributed by atoms with Crippen LogP contribution in [0.2, 0.25) is 10.0 Å². The zero-order valence-corrected chi connectivity index (χ0v) is 15.4. The zero-order valence-electron chi connectivity index (χ0n) is 13.8. The molecule has 2 aromatic rings. The van der Waals surface area contributed by atoms with Gasteiger partial charge in [0.15, 0.2) is 0 Å². The first-order valence-electron chi connectivity index (χ1n) is 7.58. The number of benzene rings is 2. The summed E-state index contributed by atoms with van der Waals surface area (Å²) in [6, 6.07) is 11.3. The van der Waals surface area contributed by atoms with Crippen molar-refractivity contribution in [1.29, 1.82) is 0 Å². The number of carbonyl (C=O) groups excluding carboxylic acids is 3. The van der Waals surface area contributed by atoms with E-state index in [1.54, 1.807) is 42.5 Å². The topological polar surface area (TPSA) is 84.5 Å². The van der Waals surface area contributed by atoms with Crippen molar-refractivity contribution in [3.8, 4) is 0 Å². The maximum atomic E-state index is 12.1. The first-order chi connectivity index (χ1) is 12.4. The molecule has 2 amide bonds. The van der Waals surface area contributed by atoms with Gasteiger partial charge >= 0.3 is 5.97 Å². The molecule has 0 saturated carbocycles. The first kappa shape index (κ1) is 19.8. The molecule has 0 spiro atoms. The van der Waals surface area contributed by atoms with E-state index in [0.717, 1.165) is 5.56 Å². The highest BCUT2D eigenvalue weighted by Crippen LogP contribution is 2.23. The number of methoxy groups -OCH3 is 1. The number of hydrogen-bond acceptors (Lipinski definition) is 4. The molecule has 0 aliphatic carbocycles. The summed E-state index contributed by atoms with van der Waals surface area (Å²) in [5, 5.41) is 5.97. The molecule has 0 fully saturated rings. The van der Waals surface area contributed by atoms with Gasteiger partial charge in [-0.1, -0.05) is 29.3 Å². The van der Waals surface area contributed by atoms with Crippen LogP contribution < -0.4 is 10.6 Å². The lowest BCUT2D eigenvalue weighted by Gasteiger charge is -2.08. The average molecular weight is 395 g/mol. The number of carbonyl (C=O) groups is 3. The molecule has 0 unspecified atom stereocenters. The van der Waals surface area contributed by atoms with Gasteiger partial charge < -0.3 is 15.4 Å². The Balaban J connectivity index is 1.91. The van der Waals surface area contributed by atoms with Crippen LogP contribution in [-0.4, -0.2) is 31.4 Å². The van der Waals surface area contributed by atoms with Crippen molar-refractivity contribution in [2.45, 2.75) is 6.42 Å². The zero-order chi connectivity index (χ0) is 19.1. The van der Waals surface area contributed by atoms with Gasteiger partial charge in [-0.3, -0.25) is 14.4 Å². The van der Waals surface area contributed by atoms with E-state index in [1.165, 1.54) is 7.11 Å². The van der Waals surface area contributed by atoms with Crippen molar-refractivity contribution in [3.05, 3.63) is 63.6 Å². The SMILES string of the molecule is COC(=O)CNC(=O)c1ccc(NC(=O)Cc2ccc(Cl)c(Cl)c2)cc1. The Morgan fingerprint density at radius 2 is 1.69 bits per heavy atom. The molecule has 0 aliphatic rings. The minimum atomic E-state index is -0.537. The predicted molar refractivity (Wildman–Crippen MR) is 99.6 cm³/mol. The van der Waals surface area contributed by atoms with Crippen LogP contribution in [-0.2, 0) is 20.7 Å². The summed E-state index contributed by atoms with van der Waals surface area (Å²) in [4.78, 5) is 35.0. The van der Waals surface area contributed by atoms with Gasteiger partial charge in [0, 0.05) is 11.3 Å². The normalized spacial score (nSPS) is 10.1. The monoisotopic (exact) mass is 394 g/mol. The van der Waals surface area contributed by atoms with Crippen LogP contribution in [0.3, 0.4) is 0 Å². The van der Waals surface area contributed by atoms with E-state index in [2.05, 4.69) is 15.4 Å². The van der Waals surface area contributed by atoms with Gasteiger partial charge in [0.05, 0.1) is 23.6 Å². The van der Waals surface area contributed by atoms with Crippen LogP contribution in [0.5, 0.6) is 0 Å². The van der Waals surface area contributed by atoms with Crippen LogP contribution in [0.4, 0.5) is 5.69 Å². The summed E-state index contributed by atoms with van der Waals surface area (Å²) < 4.78 is 4.45. The lowest BCUT2D eigenvalue weighted by atomic mass is 10.1. The fraction of sp³-hybridized carbons (Fsp3) is 0.167. The highest BCUT2D eigenvalue weighted by atomic mass is 35.5. The highest BCUT2D eigenvalue weighted by Gasteiger charge is 2.09. The van der Waals surface area contributed by atoms with Gasteiger partial charge in [-0.2, -0.15) is 0 Å². The summed E-state index contributed by atoms with van der Waals surface area (Å²) >= 11 is 11.8. The van der Waals surface area contributed by atoms with Crippen molar-refractivity contribution in [3.63, 3.8) is 0 Å². The molecule has 26 heavy (non-hydrogen) atoms. The van der Waals surface area contributed by atoms with E-state index in [9.17, 15) is 14.4 Å². The van der Waals surface area contributed by atoms with Crippen LogP contribution in [0.15, 0.2) is 42.5 Å². The Labute approximate surface area is 160 Å². The second-order valence-electron chi connectivity index (χ2n) is 5.31. The number of hydrogen-bond donors (Lipinski definition) is 2. The molecular weight excluding hydrogens is 379 g/mol. The number of esters is 1. The Morgan fingerprint density at radius 3 is 2.31 bits per heavy atom. The number of rotatable bonds is 6. The fourth-order valence-corrected chi connectivity index (χ4v) is 2.39. The fourth-order valence-electron chi connectivity index (χ4n) is 2.07. The van der Waals surface area contributed by atoms with E-state index in [1.807, 2.05) is 0 Å². The molecule has 0 atom stereocenters. The maximum Gasteiger partial charge on any atom is 0.325 e. The van der Waals surface area contributed by atoms with Crippen LogP contribution >= 0.6 is 23.2 Å². The second-order valence-corrected chi connectivity index (χ2v) is 6.12.